The zero-order valence-electron chi connectivity index (χ0n) is 13.6. The van der Waals surface area contributed by atoms with Crippen LogP contribution in [0.25, 0.3) is 0 Å². The normalized spacial score (nSPS) is 20.6. The lowest BCUT2D eigenvalue weighted by Gasteiger charge is -2.39. The molecule has 9 heteroatoms. The number of thiophene rings is 1. The SMILES string of the molecule is C[C@H]1CN(S(=O)(=O)c2ccc(Br)s2)CCN1C(=O)OC(C)(C)C. The van der Waals surface area contributed by atoms with Crippen LogP contribution in [0.4, 0.5) is 4.79 Å². The Bertz CT molecular complexity index is 681. The van der Waals surface area contributed by atoms with Crippen LogP contribution < -0.4 is 0 Å². The number of hydrogen-bond acceptors (Lipinski definition) is 5. The molecule has 0 unspecified atom stereocenters. The highest BCUT2D eigenvalue weighted by Crippen LogP contribution is 2.29. The molecular formula is C14H21BrN2O4S2. The van der Waals surface area contributed by atoms with Crippen molar-refractivity contribution in [2.24, 2.45) is 0 Å². The minimum absolute atomic E-state index is 0.239. The molecule has 0 bridgehead atoms. The molecule has 1 aliphatic rings. The lowest BCUT2D eigenvalue weighted by atomic mass is 10.2. The van der Waals surface area contributed by atoms with Crippen molar-refractivity contribution in [1.29, 1.82) is 0 Å². The maximum absolute atomic E-state index is 12.6. The van der Waals surface area contributed by atoms with E-state index in [2.05, 4.69) is 15.9 Å². The molecule has 1 atom stereocenters. The second-order valence-corrected chi connectivity index (χ2v) is 11.1. The summed E-state index contributed by atoms with van der Waals surface area (Å²) in [5.74, 6) is 0. The van der Waals surface area contributed by atoms with Crippen LogP contribution in [-0.2, 0) is 14.8 Å². The third-order valence-electron chi connectivity index (χ3n) is 3.36. The molecule has 1 amide bonds. The molecule has 1 aliphatic heterocycles. The second kappa shape index (κ2) is 6.70. The first-order valence-electron chi connectivity index (χ1n) is 7.26. The quantitative estimate of drug-likeness (QED) is 0.730. The summed E-state index contributed by atoms with van der Waals surface area (Å²) >= 11 is 4.47. The Morgan fingerprint density at radius 1 is 1.35 bits per heavy atom. The lowest BCUT2D eigenvalue weighted by Crippen LogP contribution is -2.56. The van der Waals surface area contributed by atoms with E-state index in [0.717, 1.165) is 3.79 Å². The Hall–Kier alpha value is -0.640. The molecule has 1 fully saturated rings. The van der Waals surface area contributed by atoms with Gasteiger partial charge in [-0.05, 0) is 55.8 Å². The van der Waals surface area contributed by atoms with Gasteiger partial charge in [-0.2, -0.15) is 4.31 Å². The molecule has 2 rings (SSSR count). The Kier molecular flexibility index (Phi) is 5.44. The highest BCUT2D eigenvalue weighted by atomic mass is 79.9. The molecule has 130 valence electrons. The van der Waals surface area contributed by atoms with Crippen LogP contribution in [0.2, 0.25) is 0 Å². The van der Waals surface area contributed by atoms with E-state index in [9.17, 15) is 13.2 Å². The summed E-state index contributed by atoms with van der Waals surface area (Å²) in [5.41, 5.74) is -0.566. The van der Waals surface area contributed by atoms with E-state index >= 15 is 0 Å². The Balaban J connectivity index is 2.08. The van der Waals surface area contributed by atoms with Crippen molar-refractivity contribution in [3.63, 3.8) is 0 Å². The molecule has 0 spiro atoms. The minimum Gasteiger partial charge on any atom is -0.444 e. The average Bonchev–Trinajstić information content (AvgIpc) is 2.83. The van der Waals surface area contributed by atoms with Gasteiger partial charge < -0.3 is 9.64 Å². The Morgan fingerprint density at radius 3 is 2.48 bits per heavy atom. The monoisotopic (exact) mass is 424 g/mol. The number of sulfonamides is 1. The van der Waals surface area contributed by atoms with Gasteiger partial charge in [-0.25, -0.2) is 13.2 Å². The van der Waals surface area contributed by atoms with Crippen molar-refractivity contribution in [2.75, 3.05) is 19.6 Å². The maximum atomic E-state index is 12.6. The van der Waals surface area contributed by atoms with Crippen LogP contribution in [0.5, 0.6) is 0 Å². The Labute approximate surface area is 149 Å². The number of hydrogen-bond donors (Lipinski definition) is 0. The molecule has 23 heavy (non-hydrogen) atoms. The molecule has 0 saturated carbocycles. The predicted molar refractivity (Wildman–Crippen MR) is 93.2 cm³/mol. The zero-order valence-corrected chi connectivity index (χ0v) is 16.8. The Morgan fingerprint density at radius 2 is 2.00 bits per heavy atom. The fourth-order valence-corrected chi connectivity index (χ4v) is 5.97. The third-order valence-corrected chi connectivity index (χ3v) is 7.32. The third kappa shape index (κ3) is 4.46. The van der Waals surface area contributed by atoms with Gasteiger partial charge in [0.2, 0.25) is 0 Å². The maximum Gasteiger partial charge on any atom is 0.410 e. The number of piperazine rings is 1. The van der Waals surface area contributed by atoms with Crippen molar-refractivity contribution < 1.29 is 17.9 Å². The van der Waals surface area contributed by atoms with Gasteiger partial charge in [-0.3, -0.25) is 0 Å². The second-order valence-electron chi connectivity index (χ2n) is 6.44. The number of carbonyl (C=O) groups is 1. The highest BCUT2D eigenvalue weighted by molar-refractivity contribution is 9.11. The molecule has 0 radical (unpaired) electrons. The number of ether oxygens (including phenoxy) is 1. The first-order chi connectivity index (χ1) is 10.5. The van der Waals surface area contributed by atoms with Crippen LogP contribution in [0.15, 0.2) is 20.1 Å². The standard InChI is InChI=1S/C14H21BrN2O4S2/c1-10-9-16(23(19,20)12-6-5-11(15)22-12)7-8-17(10)13(18)21-14(2,3)4/h5-6,10H,7-9H2,1-4H3/t10-/m0/s1. The molecule has 0 aliphatic carbocycles. The summed E-state index contributed by atoms with van der Waals surface area (Å²) in [6.07, 6.45) is -0.402. The van der Waals surface area contributed by atoms with Crippen molar-refractivity contribution in [1.82, 2.24) is 9.21 Å². The van der Waals surface area contributed by atoms with Crippen LogP contribution in [0.3, 0.4) is 0 Å². The largest absolute Gasteiger partial charge is 0.444 e. The van der Waals surface area contributed by atoms with E-state index in [1.54, 1.807) is 17.0 Å². The van der Waals surface area contributed by atoms with Gasteiger partial charge in [-0.1, -0.05) is 0 Å². The van der Waals surface area contributed by atoms with Gasteiger partial charge in [0.1, 0.15) is 9.81 Å². The highest BCUT2D eigenvalue weighted by Gasteiger charge is 2.36. The summed E-state index contributed by atoms with van der Waals surface area (Å²) in [6.45, 7) is 8.11. The number of nitrogens with zero attached hydrogens (tertiary/aromatic N) is 2. The first kappa shape index (κ1) is 18.7. The molecule has 1 aromatic rings. The molecular weight excluding hydrogens is 404 g/mol. The van der Waals surface area contributed by atoms with E-state index in [1.807, 2.05) is 27.7 Å². The molecule has 2 heterocycles. The first-order valence-corrected chi connectivity index (χ1v) is 10.3. The number of amides is 1. The predicted octanol–water partition coefficient (Wildman–Crippen LogP) is 3.14. The fourth-order valence-electron chi connectivity index (χ4n) is 2.30. The van der Waals surface area contributed by atoms with Gasteiger partial charge in [0.15, 0.2) is 0 Å². The van der Waals surface area contributed by atoms with Crippen LogP contribution >= 0.6 is 27.3 Å². The van der Waals surface area contributed by atoms with Gasteiger partial charge >= 0.3 is 6.09 Å². The molecule has 1 aromatic heterocycles. The average molecular weight is 425 g/mol. The van der Waals surface area contributed by atoms with E-state index in [1.165, 1.54) is 15.6 Å². The van der Waals surface area contributed by atoms with E-state index in [0.29, 0.717) is 10.8 Å². The summed E-state index contributed by atoms with van der Waals surface area (Å²) in [6, 6.07) is 3.07. The number of carbonyl (C=O) groups excluding carboxylic acids is 1. The van der Waals surface area contributed by atoms with Gasteiger partial charge in [-0.15, -0.1) is 11.3 Å². The smallest absolute Gasteiger partial charge is 0.410 e. The molecule has 1 saturated heterocycles. The van der Waals surface area contributed by atoms with Gasteiger partial charge in [0.25, 0.3) is 10.0 Å². The molecule has 0 aromatic carbocycles. The van der Waals surface area contributed by atoms with Crippen LogP contribution in [0.1, 0.15) is 27.7 Å². The van der Waals surface area contributed by atoms with Crippen molar-refractivity contribution in [3.05, 3.63) is 15.9 Å². The molecule has 0 N–H and O–H groups in total. The number of halogens is 1. The summed E-state index contributed by atoms with van der Waals surface area (Å²) < 4.78 is 33.1. The van der Waals surface area contributed by atoms with Crippen LogP contribution in [-0.4, -0.2) is 55.0 Å². The van der Waals surface area contributed by atoms with Crippen molar-refractivity contribution >= 4 is 43.4 Å². The fraction of sp³-hybridized carbons (Fsp3) is 0.643. The van der Waals surface area contributed by atoms with Crippen molar-refractivity contribution in [2.45, 2.75) is 43.5 Å². The van der Waals surface area contributed by atoms with E-state index in [4.69, 9.17) is 4.74 Å². The van der Waals surface area contributed by atoms with Crippen molar-refractivity contribution in [3.8, 4) is 0 Å². The van der Waals surface area contributed by atoms with Gasteiger partial charge in [0, 0.05) is 25.7 Å². The summed E-state index contributed by atoms with van der Waals surface area (Å²) in [4.78, 5) is 13.8. The number of rotatable bonds is 2. The topological polar surface area (TPSA) is 66.9 Å². The molecule has 6 nitrogen and oxygen atoms in total. The van der Waals surface area contributed by atoms with Crippen LogP contribution in [0, 0.1) is 0 Å². The zero-order chi connectivity index (χ0) is 17.4. The lowest BCUT2D eigenvalue weighted by molar-refractivity contribution is 0.00860. The summed E-state index contributed by atoms with van der Waals surface area (Å²) in [7, 11) is -3.52. The van der Waals surface area contributed by atoms with E-state index in [-0.39, 0.29) is 19.1 Å². The minimum atomic E-state index is -3.52. The van der Waals surface area contributed by atoms with Gasteiger partial charge in [0.05, 0.1) is 3.79 Å². The van der Waals surface area contributed by atoms with E-state index < -0.39 is 21.7 Å². The summed E-state index contributed by atoms with van der Waals surface area (Å²) in [5, 5.41) is 0.